The van der Waals surface area contributed by atoms with Gasteiger partial charge in [0.25, 0.3) is 0 Å². The molecule has 1 atom stereocenters. The van der Waals surface area contributed by atoms with Crippen LogP contribution in [0.25, 0.3) is 0 Å². The van der Waals surface area contributed by atoms with Crippen LogP contribution >= 0.6 is 0 Å². The second-order valence-electron chi connectivity index (χ2n) is 3.50. The minimum Gasteiger partial charge on any atom is -0.497 e. The van der Waals surface area contributed by atoms with Gasteiger partial charge in [0.15, 0.2) is 0 Å². The Labute approximate surface area is 88.4 Å². The van der Waals surface area contributed by atoms with Crippen molar-refractivity contribution in [2.45, 2.75) is 12.5 Å². The van der Waals surface area contributed by atoms with Crippen molar-refractivity contribution < 1.29 is 14.4 Å². The van der Waals surface area contributed by atoms with Crippen LogP contribution in [-0.4, -0.2) is 25.2 Å². The van der Waals surface area contributed by atoms with Gasteiger partial charge in [0.2, 0.25) is 0 Å². The maximum atomic E-state index is 11.1. The van der Waals surface area contributed by atoms with Crippen molar-refractivity contribution in [1.82, 2.24) is 5.06 Å². The number of methoxy groups -OCH3 is 1. The predicted molar refractivity (Wildman–Crippen MR) is 54.2 cm³/mol. The van der Waals surface area contributed by atoms with Crippen LogP contribution in [0.1, 0.15) is 18.0 Å². The third-order valence-electron chi connectivity index (χ3n) is 2.55. The van der Waals surface area contributed by atoms with Gasteiger partial charge in [0.05, 0.1) is 19.6 Å². The first-order valence-corrected chi connectivity index (χ1v) is 4.78. The van der Waals surface area contributed by atoms with Crippen LogP contribution in [0.2, 0.25) is 0 Å². The number of hydrogen-bond donors (Lipinski definition) is 0. The zero-order valence-electron chi connectivity index (χ0n) is 8.77. The molecule has 0 amide bonds. The van der Waals surface area contributed by atoms with Gasteiger partial charge in [-0.2, -0.15) is 0 Å². The SMILES string of the molecule is COc1ccc([C@@H]2CC(=O)ON2C)cc1. The summed E-state index contributed by atoms with van der Waals surface area (Å²) in [5, 5.41) is 1.59. The van der Waals surface area contributed by atoms with E-state index in [1.165, 1.54) is 0 Å². The number of benzene rings is 1. The first kappa shape index (κ1) is 9.98. The molecule has 0 bridgehead atoms. The summed E-state index contributed by atoms with van der Waals surface area (Å²) in [4.78, 5) is 16.0. The van der Waals surface area contributed by atoms with Gasteiger partial charge in [-0.05, 0) is 17.7 Å². The number of hydrogen-bond acceptors (Lipinski definition) is 4. The number of ether oxygens (including phenoxy) is 1. The molecule has 0 aromatic heterocycles. The van der Waals surface area contributed by atoms with Crippen LogP contribution in [0.5, 0.6) is 5.75 Å². The van der Waals surface area contributed by atoms with Gasteiger partial charge in [-0.3, -0.25) is 4.79 Å². The zero-order valence-corrected chi connectivity index (χ0v) is 8.77. The van der Waals surface area contributed by atoms with Crippen LogP contribution in [-0.2, 0) is 9.63 Å². The first-order chi connectivity index (χ1) is 7.20. The van der Waals surface area contributed by atoms with E-state index in [4.69, 9.17) is 9.57 Å². The number of nitrogens with zero attached hydrogens (tertiary/aromatic N) is 1. The van der Waals surface area contributed by atoms with E-state index in [0.717, 1.165) is 11.3 Å². The zero-order chi connectivity index (χ0) is 10.8. The Morgan fingerprint density at radius 2 is 2.07 bits per heavy atom. The lowest BCUT2D eigenvalue weighted by atomic mass is 10.0. The standard InChI is InChI=1S/C11H13NO3/c1-12-10(7-11(13)15-12)8-3-5-9(14-2)6-4-8/h3-6,10H,7H2,1-2H3/t10-/m0/s1. The lowest BCUT2D eigenvalue weighted by Crippen LogP contribution is -2.16. The van der Waals surface area contributed by atoms with E-state index >= 15 is 0 Å². The molecule has 2 rings (SSSR count). The minimum absolute atomic E-state index is 0.0170. The summed E-state index contributed by atoms with van der Waals surface area (Å²) >= 11 is 0. The molecular formula is C11H13NO3. The quantitative estimate of drug-likeness (QED) is 0.737. The van der Waals surface area contributed by atoms with Crippen LogP contribution in [0, 0.1) is 0 Å². The van der Waals surface area contributed by atoms with Crippen molar-refractivity contribution in [3.05, 3.63) is 29.8 Å². The van der Waals surface area contributed by atoms with E-state index < -0.39 is 0 Å². The van der Waals surface area contributed by atoms with Gasteiger partial charge in [0.1, 0.15) is 5.75 Å². The molecule has 80 valence electrons. The van der Waals surface area contributed by atoms with Gasteiger partial charge < -0.3 is 9.57 Å². The van der Waals surface area contributed by atoms with Crippen molar-refractivity contribution in [3.8, 4) is 5.75 Å². The predicted octanol–water partition coefficient (Wildman–Crippen LogP) is 1.53. The molecule has 0 saturated carbocycles. The van der Waals surface area contributed by atoms with E-state index in [0.29, 0.717) is 6.42 Å². The van der Waals surface area contributed by atoms with Gasteiger partial charge in [-0.25, -0.2) is 0 Å². The molecule has 1 heterocycles. The molecule has 4 nitrogen and oxygen atoms in total. The average molecular weight is 207 g/mol. The molecular weight excluding hydrogens is 194 g/mol. The maximum absolute atomic E-state index is 11.1. The number of rotatable bonds is 2. The van der Waals surface area contributed by atoms with Crippen LogP contribution < -0.4 is 4.74 Å². The minimum atomic E-state index is -0.182. The molecule has 0 unspecified atom stereocenters. The van der Waals surface area contributed by atoms with Crippen LogP contribution in [0.4, 0.5) is 0 Å². The summed E-state index contributed by atoms with van der Waals surface area (Å²) in [6, 6.07) is 7.67. The van der Waals surface area contributed by atoms with Crippen molar-refractivity contribution >= 4 is 5.97 Å². The normalized spacial score (nSPS) is 21.5. The van der Waals surface area contributed by atoms with Gasteiger partial charge in [-0.15, -0.1) is 5.06 Å². The molecule has 1 aromatic carbocycles. The fraction of sp³-hybridized carbons (Fsp3) is 0.364. The fourth-order valence-electron chi connectivity index (χ4n) is 1.70. The smallest absolute Gasteiger partial charge is 0.327 e. The van der Waals surface area contributed by atoms with E-state index in [1.54, 1.807) is 19.2 Å². The van der Waals surface area contributed by atoms with E-state index in [1.807, 2.05) is 24.3 Å². The number of carbonyl (C=O) groups excluding carboxylic acids is 1. The lowest BCUT2D eigenvalue weighted by molar-refractivity contribution is -0.169. The van der Waals surface area contributed by atoms with Crippen LogP contribution in [0.3, 0.4) is 0 Å². The third-order valence-corrected chi connectivity index (χ3v) is 2.55. The van der Waals surface area contributed by atoms with Crippen molar-refractivity contribution in [2.75, 3.05) is 14.2 Å². The van der Waals surface area contributed by atoms with Crippen molar-refractivity contribution in [3.63, 3.8) is 0 Å². The summed E-state index contributed by atoms with van der Waals surface area (Å²) in [5.41, 5.74) is 1.06. The Morgan fingerprint density at radius 3 is 2.53 bits per heavy atom. The summed E-state index contributed by atoms with van der Waals surface area (Å²) in [7, 11) is 3.39. The maximum Gasteiger partial charge on any atom is 0.327 e. The molecule has 0 aliphatic carbocycles. The molecule has 1 aromatic rings. The summed E-state index contributed by atoms with van der Waals surface area (Å²) in [6.07, 6.45) is 0.406. The van der Waals surface area contributed by atoms with E-state index in [9.17, 15) is 4.79 Å². The van der Waals surface area contributed by atoms with E-state index in [-0.39, 0.29) is 12.0 Å². The van der Waals surface area contributed by atoms with Gasteiger partial charge in [0, 0.05) is 7.05 Å². The Kier molecular flexibility index (Phi) is 2.60. The highest BCUT2D eigenvalue weighted by molar-refractivity contribution is 5.71. The molecule has 15 heavy (non-hydrogen) atoms. The average Bonchev–Trinajstić information content (AvgIpc) is 2.58. The highest BCUT2D eigenvalue weighted by Gasteiger charge is 2.30. The van der Waals surface area contributed by atoms with Crippen molar-refractivity contribution in [1.29, 1.82) is 0 Å². The van der Waals surface area contributed by atoms with Gasteiger partial charge >= 0.3 is 5.97 Å². The number of hydroxylamine groups is 2. The monoisotopic (exact) mass is 207 g/mol. The summed E-state index contributed by atoms with van der Waals surface area (Å²) in [6.45, 7) is 0. The summed E-state index contributed by atoms with van der Waals surface area (Å²) in [5.74, 6) is 0.630. The molecule has 0 radical (unpaired) electrons. The van der Waals surface area contributed by atoms with Crippen molar-refractivity contribution in [2.24, 2.45) is 0 Å². The summed E-state index contributed by atoms with van der Waals surface area (Å²) < 4.78 is 5.07. The largest absolute Gasteiger partial charge is 0.497 e. The van der Waals surface area contributed by atoms with E-state index in [2.05, 4.69) is 0 Å². The molecule has 1 saturated heterocycles. The molecule has 1 fully saturated rings. The molecule has 0 N–H and O–H groups in total. The molecule has 4 heteroatoms. The molecule has 1 aliphatic heterocycles. The topological polar surface area (TPSA) is 38.8 Å². The Morgan fingerprint density at radius 1 is 1.40 bits per heavy atom. The highest BCUT2D eigenvalue weighted by Crippen LogP contribution is 2.30. The second kappa shape index (κ2) is 3.90. The Bertz CT molecular complexity index is 361. The fourth-order valence-corrected chi connectivity index (χ4v) is 1.70. The third kappa shape index (κ3) is 1.94. The highest BCUT2D eigenvalue weighted by atomic mass is 16.7. The van der Waals surface area contributed by atoms with Gasteiger partial charge in [-0.1, -0.05) is 12.1 Å². The lowest BCUT2D eigenvalue weighted by Gasteiger charge is -2.16. The molecule has 0 spiro atoms. The van der Waals surface area contributed by atoms with Crippen LogP contribution in [0.15, 0.2) is 24.3 Å². The number of carbonyl (C=O) groups is 1. The Balaban J connectivity index is 2.19. The molecule has 1 aliphatic rings. The second-order valence-corrected chi connectivity index (χ2v) is 3.50. The first-order valence-electron chi connectivity index (χ1n) is 4.78. The Hall–Kier alpha value is -1.55.